The lowest BCUT2D eigenvalue weighted by molar-refractivity contribution is -0.136. The van der Waals surface area contributed by atoms with E-state index in [1.165, 1.54) is 6.07 Å². The van der Waals surface area contributed by atoms with Gasteiger partial charge in [0.1, 0.15) is 5.75 Å². The molecule has 1 aromatic rings. The largest absolute Gasteiger partial charge is 0.507 e. The van der Waals surface area contributed by atoms with Crippen LogP contribution in [0, 0.1) is 11.8 Å². The van der Waals surface area contributed by atoms with Crippen LogP contribution in [-0.2, 0) is 11.2 Å². The van der Waals surface area contributed by atoms with Crippen molar-refractivity contribution in [3.63, 3.8) is 0 Å². The molecule has 0 aromatic heterocycles. The minimum absolute atomic E-state index is 0.0520. The van der Waals surface area contributed by atoms with Gasteiger partial charge < -0.3 is 10.2 Å². The normalized spacial score (nSPS) is 9.31. The van der Waals surface area contributed by atoms with Gasteiger partial charge in [-0.05, 0) is 17.7 Å². The Morgan fingerprint density at radius 3 is 2.81 bits per heavy atom. The van der Waals surface area contributed by atoms with Crippen LogP contribution in [0.3, 0.4) is 0 Å². The van der Waals surface area contributed by atoms with Crippen molar-refractivity contribution >= 4 is 17.6 Å². The van der Waals surface area contributed by atoms with Crippen LogP contribution in [0.15, 0.2) is 18.2 Å². The smallest absolute Gasteiger partial charge is 0.307 e. The Bertz CT molecular complexity index is 443. The van der Waals surface area contributed by atoms with Crippen molar-refractivity contribution in [2.75, 3.05) is 5.88 Å². The van der Waals surface area contributed by atoms with Gasteiger partial charge in [-0.15, -0.1) is 11.6 Å². The van der Waals surface area contributed by atoms with E-state index in [0.29, 0.717) is 23.4 Å². The zero-order valence-electron chi connectivity index (χ0n) is 8.53. The fourth-order valence-corrected chi connectivity index (χ4v) is 1.27. The van der Waals surface area contributed by atoms with Gasteiger partial charge in [0.2, 0.25) is 0 Å². The van der Waals surface area contributed by atoms with E-state index in [-0.39, 0.29) is 12.2 Å². The third kappa shape index (κ3) is 3.84. The molecule has 0 amide bonds. The average Bonchev–Trinajstić information content (AvgIpc) is 2.22. The number of phenolic OH excluding ortho intramolecular Hbond substituents is 1. The predicted octanol–water partition coefficient (Wildman–Crippen LogP) is 2.00. The van der Waals surface area contributed by atoms with Gasteiger partial charge in [-0.3, -0.25) is 4.79 Å². The molecule has 0 atom stereocenters. The Morgan fingerprint density at radius 1 is 1.44 bits per heavy atom. The molecule has 4 heteroatoms. The number of carbonyl (C=O) groups is 1. The fourth-order valence-electron chi connectivity index (χ4n) is 1.17. The standard InChI is InChI=1S/C12H11ClO3/c13-6-2-1-3-10-7-9(8-12(15)16)4-5-11(10)14/h4-5,7,14H,2,6,8H2,(H,15,16). The second kappa shape index (κ2) is 6.04. The molecule has 0 aliphatic heterocycles. The molecule has 16 heavy (non-hydrogen) atoms. The molecule has 2 N–H and O–H groups in total. The van der Waals surface area contributed by atoms with Crippen molar-refractivity contribution < 1.29 is 15.0 Å². The van der Waals surface area contributed by atoms with Gasteiger partial charge in [0.25, 0.3) is 0 Å². The highest BCUT2D eigenvalue weighted by Gasteiger charge is 2.03. The van der Waals surface area contributed by atoms with Crippen LogP contribution in [0.4, 0.5) is 0 Å². The summed E-state index contributed by atoms with van der Waals surface area (Å²) in [5.74, 6) is 5.11. The van der Waals surface area contributed by atoms with Crippen LogP contribution >= 0.6 is 11.6 Å². The summed E-state index contributed by atoms with van der Waals surface area (Å²) in [7, 11) is 0. The maximum absolute atomic E-state index is 10.5. The van der Waals surface area contributed by atoms with E-state index in [9.17, 15) is 9.90 Å². The molecule has 0 heterocycles. The molecule has 0 saturated heterocycles. The summed E-state index contributed by atoms with van der Waals surface area (Å²) >= 11 is 5.46. The molecular formula is C12H11ClO3. The molecule has 0 aliphatic carbocycles. The Kier molecular flexibility index (Phi) is 4.68. The maximum atomic E-state index is 10.5. The maximum Gasteiger partial charge on any atom is 0.307 e. The number of halogens is 1. The van der Waals surface area contributed by atoms with Crippen LogP contribution in [0.2, 0.25) is 0 Å². The van der Waals surface area contributed by atoms with Gasteiger partial charge in [-0.1, -0.05) is 17.9 Å². The Labute approximate surface area is 98.7 Å². The molecule has 0 bridgehead atoms. The Hall–Kier alpha value is -1.66. The summed E-state index contributed by atoms with van der Waals surface area (Å²) in [4.78, 5) is 10.5. The van der Waals surface area contributed by atoms with Crippen LogP contribution < -0.4 is 0 Å². The number of phenols is 1. The lowest BCUT2D eigenvalue weighted by atomic mass is 10.1. The Balaban J connectivity index is 2.91. The molecular weight excluding hydrogens is 228 g/mol. The third-order valence-electron chi connectivity index (χ3n) is 1.86. The number of aliphatic carboxylic acids is 1. The van der Waals surface area contributed by atoms with Crippen molar-refractivity contribution in [2.45, 2.75) is 12.8 Å². The van der Waals surface area contributed by atoms with Crippen molar-refractivity contribution in [2.24, 2.45) is 0 Å². The van der Waals surface area contributed by atoms with Gasteiger partial charge in [0.15, 0.2) is 0 Å². The first-order valence-corrected chi connectivity index (χ1v) is 5.25. The summed E-state index contributed by atoms with van der Waals surface area (Å²) in [6.07, 6.45) is 0.453. The number of carboxylic acid groups (broad SMARTS) is 1. The zero-order chi connectivity index (χ0) is 12.0. The van der Waals surface area contributed by atoms with Crippen LogP contribution in [0.1, 0.15) is 17.5 Å². The summed E-state index contributed by atoms with van der Waals surface area (Å²) in [5.41, 5.74) is 1.05. The van der Waals surface area contributed by atoms with Gasteiger partial charge in [0, 0.05) is 12.3 Å². The number of aromatic hydroxyl groups is 1. The van der Waals surface area contributed by atoms with E-state index in [4.69, 9.17) is 16.7 Å². The van der Waals surface area contributed by atoms with Gasteiger partial charge in [-0.25, -0.2) is 0 Å². The molecule has 1 rings (SSSR count). The van der Waals surface area contributed by atoms with Crippen molar-refractivity contribution in [1.82, 2.24) is 0 Å². The van der Waals surface area contributed by atoms with E-state index in [2.05, 4.69) is 11.8 Å². The predicted molar refractivity (Wildman–Crippen MR) is 61.7 cm³/mol. The summed E-state index contributed by atoms with van der Waals surface area (Å²) in [6, 6.07) is 4.59. The van der Waals surface area contributed by atoms with E-state index in [1.807, 2.05) is 0 Å². The lowest BCUT2D eigenvalue weighted by Gasteiger charge is -2.00. The first-order chi connectivity index (χ1) is 7.63. The molecule has 0 fully saturated rings. The number of hydrogen-bond acceptors (Lipinski definition) is 2. The fraction of sp³-hybridized carbons (Fsp3) is 0.250. The van der Waals surface area contributed by atoms with E-state index in [1.54, 1.807) is 12.1 Å². The van der Waals surface area contributed by atoms with Gasteiger partial charge in [0.05, 0.1) is 12.0 Å². The van der Waals surface area contributed by atoms with Crippen LogP contribution in [0.25, 0.3) is 0 Å². The second-order valence-corrected chi connectivity index (χ2v) is 3.54. The highest BCUT2D eigenvalue weighted by atomic mass is 35.5. The summed E-state index contributed by atoms with van der Waals surface area (Å²) in [6.45, 7) is 0. The number of rotatable bonds is 3. The molecule has 0 aliphatic rings. The van der Waals surface area contributed by atoms with E-state index in [0.717, 1.165) is 0 Å². The first-order valence-electron chi connectivity index (χ1n) is 4.72. The number of alkyl halides is 1. The van der Waals surface area contributed by atoms with Gasteiger partial charge in [-0.2, -0.15) is 0 Å². The van der Waals surface area contributed by atoms with Crippen molar-refractivity contribution in [3.05, 3.63) is 29.3 Å². The highest BCUT2D eigenvalue weighted by molar-refractivity contribution is 6.18. The van der Waals surface area contributed by atoms with Crippen LogP contribution in [0.5, 0.6) is 5.75 Å². The molecule has 3 nitrogen and oxygen atoms in total. The monoisotopic (exact) mass is 238 g/mol. The molecule has 0 radical (unpaired) electrons. The SMILES string of the molecule is O=C(O)Cc1ccc(O)c(C#CCCCl)c1. The second-order valence-electron chi connectivity index (χ2n) is 3.16. The van der Waals surface area contributed by atoms with Crippen molar-refractivity contribution in [3.8, 4) is 17.6 Å². The summed E-state index contributed by atoms with van der Waals surface area (Å²) in [5, 5.41) is 18.1. The summed E-state index contributed by atoms with van der Waals surface area (Å²) < 4.78 is 0. The van der Waals surface area contributed by atoms with Gasteiger partial charge >= 0.3 is 5.97 Å². The number of benzene rings is 1. The third-order valence-corrected chi connectivity index (χ3v) is 2.05. The van der Waals surface area contributed by atoms with Crippen molar-refractivity contribution in [1.29, 1.82) is 0 Å². The van der Waals surface area contributed by atoms with Crippen LogP contribution in [-0.4, -0.2) is 22.1 Å². The molecule has 0 saturated carbocycles. The molecule has 0 spiro atoms. The molecule has 1 aromatic carbocycles. The molecule has 84 valence electrons. The highest BCUT2D eigenvalue weighted by Crippen LogP contribution is 2.17. The Morgan fingerprint density at radius 2 is 2.19 bits per heavy atom. The number of carboxylic acids is 1. The minimum atomic E-state index is -0.912. The minimum Gasteiger partial charge on any atom is -0.507 e. The zero-order valence-corrected chi connectivity index (χ0v) is 9.29. The molecule has 0 unspecified atom stereocenters. The number of hydrogen-bond donors (Lipinski definition) is 2. The quantitative estimate of drug-likeness (QED) is 0.626. The lowest BCUT2D eigenvalue weighted by Crippen LogP contribution is -2.00. The first kappa shape index (κ1) is 12.4. The van der Waals surface area contributed by atoms with E-state index >= 15 is 0 Å². The van der Waals surface area contributed by atoms with E-state index < -0.39 is 5.97 Å². The topological polar surface area (TPSA) is 57.5 Å². The average molecular weight is 239 g/mol.